The molecule has 4 atom stereocenters. The average molecular weight is 199 g/mol. The fourth-order valence-electron chi connectivity index (χ4n) is 2.71. The molecule has 1 heterocycles. The molecule has 1 aliphatic carbocycles. The molecule has 2 N–H and O–H groups in total. The molecule has 0 aromatic carbocycles. The van der Waals surface area contributed by atoms with E-state index < -0.39 is 6.16 Å². The van der Waals surface area contributed by atoms with Crippen LogP contribution in [0, 0.1) is 17.3 Å². The van der Waals surface area contributed by atoms with Crippen LogP contribution in [-0.2, 0) is 9.47 Å². The van der Waals surface area contributed by atoms with Gasteiger partial charge in [-0.2, -0.15) is 0 Å². The van der Waals surface area contributed by atoms with E-state index in [-0.39, 0.29) is 23.5 Å². The van der Waals surface area contributed by atoms with Crippen LogP contribution < -0.4 is 5.73 Å². The average Bonchev–Trinajstić information content (AvgIpc) is 2.30. The molecular formula is C10H17NO3. The lowest BCUT2D eigenvalue weighted by Gasteiger charge is -2.50. The van der Waals surface area contributed by atoms with Gasteiger partial charge >= 0.3 is 6.16 Å². The molecule has 2 aliphatic rings. The van der Waals surface area contributed by atoms with Crippen molar-refractivity contribution >= 4 is 6.16 Å². The highest BCUT2D eigenvalue weighted by Crippen LogP contribution is 2.51. The Labute approximate surface area is 83.7 Å². The van der Waals surface area contributed by atoms with Gasteiger partial charge in [-0.15, -0.1) is 0 Å². The molecule has 0 aromatic rings. The standard InChI is InChI=1S/C10H17NO3/c1-10(2,3)6-5(4-11)7-8(6)14-9(12)13-7/h5-8H,4,11H2,1-3H3. The van der Waals surface area contributed by atoms with E-state index in [2.05, 4.69) is 20.8 Å². The summed E-state index contributed by atoms with van der Waals surface area (Å²) in [5.74, 6) is 0.579. The zero-order chi connectivity index (χ0) is 10.5. The number of hydrogen-bond donors (Lipinski definition) is 1. The van der Waals surface area contributed by atoms with Crippen LogP contribution in [0.4, 0.5) is 4.79 Å². The van der Waals surface area contributed by atoms with E-state index in [1.54, 1.807) is 0 Å². The number of nitrogens with two attached hydrogens (primary N) is 1. The van der Waals surface area contributed by atoms with Crippen molar-refractivity contribution in [3.63, 3.8) is 0 Å². The maximum Gasteiger partial charge on any atom is 0.509 e. The van der Waals surface area contributed by atoms with Crippen LogP contribution in [0.15, 0.2) is 0 Å². The van der Waals surface area contributed by atoms with Crippen molar-refractivity contribution in [2.75, 3.05) is 6.54 Å². The quantitative estimate of drug-likeness (QED) is 0.643. The van der Waals surface area contributed by atoms with Crippen molar-refractivity contribution in [1.82, 2.24) is 0 Å². The number of carbonyl (C=O) groups is 1. The molecule has 4 heteroatoms. The predicted molar refractivity (Wildman–Crippen MR) is 50.6 cm³/mol. The first kappa shape index (κ1) is 9.77. The van der Waals surface area contributed by atoms with Crippen LogP contribution in [0.5, 0.6) is 0 Å². The monoisotopic (exact) mass is 199 g/mol. The lowest BCUT2D eigenvalue weighted by Crippen LogP contribution is -2.60. The molecule has 1 saturated heterocycles. The third kappa shape index (κ3) is 1.21. The second kappa shape index (κ2) is 2.86. The van der Waals surface area contributed by atoms with Gasteiger partial charge in [-0.05, 0) is 12.0 Å². The van der Waals surface area contributed by atoms with Crippen LogP contribution in [0.2, 0.25) is 0 Å². The van der Waals surface area contributed by atoms with Gasteiger partial charge in [0.05, 0.1) is 0 Å². The minimum Gasteiger partial charge on any atom is -0.427 e. The van der Waals surface area contributed by atoms with Gasteiger partial charge in [0.2, 0.25) is 0 Å². The topological polar surface area (TPSA) is 61.5 Å². The molecule has 4 unspecified atom stereocenters. The molecular weight excluding hydrogens is 182 g/mol. The van der Waals surface area contributed by atoms with E-state index in [1.807, 2.05) is 0 Å². The lowest BCUT2D eigenvalue weighted by atomic mass is 9.58. The molecule has 14 heavy (non-hydrogen) atoms. The zero-order valence-electron chi connectivity index (χ0n) is 8.82. The third-order valence-corrected chi connectivity index (χ3v) is 3.30. The highest BCUT2D eigenvalue weighted by atomic mass is 16.8. The third-order valence-electron chi connectivity index (χ3n) is 3.30. The largest absolute Gasteiger partial charge is 0.509 e. The van der Waals surface area contributed by atoms with Gasteiger partial charge in [0.15, 0.2) is 0 Å². The number of ether oxygens (including phenoxy) is 2. The second-order valence-electron chi connectivity index (χ2n) is 5.21. The van der Waals surface area contributed by atoms with Crippen molar-refractivity contribution in [2.45, 2.75) is 33.0 Å². The van der Waals surface area contributed by atoms with Crippen molar-refractivity contribution in [3.05, 3.63) is 0 Å². The molecule has 0 amide bonds. The van der Waals surface area contributed by atoms with Crippen LogP contribution in [-0.4, -0.2) is 24.9 Å². The van der Waals surface area contributed by atoms with Crippen molar-refractivity contribution in [1.29, 1.82) is 0 Å². The number of rotatable bonds is 1. The first-order valence-corrected chi connectivity index (χ1v) is 5.02. The van der Waals surface area contributed by atoms with Gasteiger partial charge in [0.25, 0.3) is 0 Å². The smallest absolute Gasteiger partial charge is 0.427 e. The molecule has 2 fully saturated rings. The van der Waals surface area contributed by atoms with Gasteiger partial charge in [-0.3, -0.25) is 0 Å². The van der Waals surface area contributed by atoms with Crippen LogP contribution in [0.1, 0.15) is 20.8 Å². The normalized spacial score (nSPS) is 41.0. The molecule has 2 rings (SSSR count). The van der Waals surface area contributed by atoms with E-state index in [1.165, 1.54) is 0 Å². The zero-order valence-corrected chi connectivity index (χ0v) is 8.82. The molecule has 0 spiro atoms. The van der Waals surface area contributed by atoms with E-state index in [0.29, 0.717) is 12.5 Å². The Balaban J connectivity index is 2.15. The summed E-state index contributed by atoms with van der Waals surface area (Å²) in [6.07, 6.45) is -0.710. The minimum atomic E-state index is -0.537. The Morgan fingerprint density at radius 1 is 1.29 bits per heavy atom. The van der Waals surface area contributed by atoms with E-state index in [9.17, 15) is 4.79 Å². The second-order valence-corrected chi connectivity index (χ2v) is 5.21. The Morgan fingerprint density at radius 2 is 1.86 bits per heavy atom. The highest BCUT2D eigenvalue weighted by Gasteiger charge is 2.62. The lowest BCUT2D eigenvalue weighted by molar-refractivity contribution is -0.117. The summed E-state index contributed by atoms with van der Waals surface area (Å²) in [6.45, 7) is 6.98. The van der Waals surface area contributed by atoms with Gasteiger partial charge < -0.3 is 15.2 Å². The maximum absolute atomic E-state index is 11.0. The molecule has 80 valence electrons. The van der Waals surface area contributed by atoms with E-state index >= 15 is 0 Å². The Hall–Kier alpha value is -0.770. The van der Waals surface area contributed by atoms with Crippen LogP contribution in [0.25, 0.3) is 0 Å². The van der Waals surface area contributed by atoms with Crippen LogP contribution in [0.3, 0.4) is 0 Å². The summed E-state index contributed by atoms with van der Waals surface area (Å²) in [6, 6.07) is 0. The Bertz CT molecular complexity index is 259. The Morgan fingerprint density at radius 3 is 2.36 bits per heavy atom. The Kier molecular flexibility index (Phi) is 2.00. The fourth-order valence-corrected chi connectivity index (χ4v) is 2.71. The van der Waals surface area contributed by atoms with Gasteiger partial charge in [0.1, 0.15) is 12.2 Å². The molecule has 4 nitrogen and oxygen atoms in total. The first-order valence-electron chi connectivity index (χ1n) is 5.02. The van der Waals surface area contributed by atoms with Gasteiger partial charge in [0, 0.05) is 11.8 Å². The fraction of sp³-hybridized carbons (Fsp3) is 0.900. The summed E-state index contributed by atoms with van der Waals surface area (Å²) in [5.41, 5.74) is 5.79. The summed E-state index contributed by atoms with van der Waals surface area (Å²) in [5, 5.41) is 0. The summed E-state index contributed by atoms with van der Waals surface area (Å²) in [7, 11) is 0. The molecule has 0 bridgehead atoms. The predicted octanol–water partition coefficient (Wildman–Crippen LogP) is 1.14. The van der Waals surface area contributed by atoms with Crippen molar-refractivity contribution in [3.8, 4) is 0 Å². The van der Waals surface area contributed by atoms with Crippen molar-refractivity contribution < 1.29 is 14.3 Å². The number of carbonyl (C=O) groups excluding carboxylic acids is 1. The van der Waals surface area contributed by atoms with E-state index in [4.69, 9.17) is 15.2 Å². The van der Waals surface area contributed by atoms with Gasteiger partial charge in [-0.25, -0.2) is 4.79 Å². The van der Waals surface area contributed by atoms with Gasteiger partial charge in [-0.1, -0.05) is 20.8 Å². The SMILES string of the molecule is CC(C)(C)C1C(CN)C2OC(=O)OC21. The van der Waals surface area contributed by atoms with Crippen LogP contribution >= 0.6 is 0 Å². The summed E-state index contributed by atoms with van der Waals surface area (Å²) >= 11 is 0. The molecule has 0 aromatic heterocycles. The molecule has 0 radical (unpaired) electrons. The summed E-state index contributed by atoms with van der Waals surface area (Å²) < 4.78 is 10.2. The molecule has 1 saturated carbocycles. The first-order chi connectivity index (χ1) is 6.45. The van der Waals surface area contributed by atoms with E-state index in [0.717, 1.165) is 0 Å². The highest BCUT2D eigenvalue weighted by molar-refractivity contribution is 5.63. The minimum absolute atomic E-state index is 0.0731. The van der Waals surface area contributed by atoms with Crippen molar-refractivity contribution in [2.24, 2.45) is 23.0 Å². The number of fused-ring (bicyclic) bond motifs is 1. The maximum atomic E-state index is 11.0. The molecule has 1 aliphatic heterocycles. The number of hydrogen-bond acceptors (Lipinski definition) is 4. The summed E-state index contributed by atoms with van der Waals surface area (Å²) in [4.78, 5) is 11.0.